The Morgan fingerprint density at radius 1 is 1.25 bits per heavy atom. The molecule has 6 nitrogen and oxygen atoms in total. The molecule has 1 aromatic heterocycles. The third-order valence-electron chi connectivity index (χ3n) is 4.23. The smallest absolute Gasteiger partial charge is 0.305 e. The number of carboxylic acid groups (broad SMARTS) is 1. The van der Waals surface area contributed by atoms with Gasteiger partial charge in [0.25, 0.3) is 5.91 Å². The number of H-pyrrole nitrogens is 1. The maximum absolute atomic E-state index is 13.1. The van der Waals surface area contributed by atoms with Crippen LogP contribution in [0.25, 0.3) is 0 Å². The van der Waals surface area contributed by atoms with E-state index < -0.39 is 23.7 Å². The number of fused-ring (bicyclic) bond motifs is 1. The number of carbonyl (C=O) groups is 2. The number of amides is 1. The van der Waals surface area contributed by atoms with Gasteiger partial charge in [-0.15, -0.1) is 0 Å². The van der Waals surface area contributed by atoms with Gasteiger partial charge in [0.05, 0.1) is 12.5 Å². The Bertz CT molecular complexity index is 755. The number of nitrogens with one attached hydrogen (secondary N) is 2. The Morgan fingerprint density at radius 3 is 2.67 bits per heavy atom. The first-order valence-electron chi connectivity index (χ1n) is 7.89. The van der Waals surface area contributed by atoms with Crippen LogP contribution in [0.15, 0.2) is 24.3 Å². The molecular weight excluding hydrogens is 313 g/mol. The van der Waals surface area contributed by atoms with Crippen molar-refractivity contribution in [1.29, 1.82) is 0 Å². The monoisotopic (exact) mass is 331 g/mol. The van der Waals surface area contributed by atoms with E-state index in [0.29, 0.717) is 11.3 Å². The number of hydrogen-bond donors (Lipinski definition) is 3. The predicted octanol–water partition coefficient (Wildman–Crippen LogP) is 2.37. The Labute approximate surface area is 138 Å². The van der Waals surface area contributed by atoms with Crippen LogP contribution in [0.3, 0.4) is 0 Å². The number of benzene rings is 1. The topological polar surface area (TPSA) is 95.1 Å². The number of aromatic nitrogens is 2. The molecule has 0 fully saturated rings. The maximum atomic E-state index is 13.1. The molecule has 1 atom stereocenters. The molecule has 2 aromatic rings. The van der Waals surface area contributed by atoms with Crippen molar-refractivity contribution in [2.24, 2.45) is 0 Å². The molecule has 0 bridgehead atoms. The van der Waals surface area contributed by atoms with E-state index in [9.17, 15) is 14.0 Å². The van der Waals surface area contributed by atoms with Gasteiger partial charge in [-0.05, 0) is 43.4 Å². The fraction of sp³-hybridized carbons (Fsp3) is 0.353. The first-order valence-corrected chi connectivity index (χ1v) is 7.89. The highest BCUT2D eigenvalue weighted by atomic mass is 19.1. The summed E-state index contributed by atoms with van der Waals surface area (Å²) in [5.41, 5.74) is 2.74. The van der Waals surface area contributed by atoms with Crippen LogP contribution in [0.1, 0.15) is 52.6 Å². The zero-order valence-electron chi connectivity index (χ0n) is 13.0. The van der Waals surface area contributed by atoms with Crippen LogP contribution in [0.2, 0.25) is 0 Å². The molecule has 1 heterocycles. The normalized spacial score (nSPS) is 14.7. The standard InChI is InChI=1S/C17H18FN3O3/c18-11-7-5-10(6-8-11)14(9-15(22)23)19-17(24)16-12-3-1-2-4-13(12)20-21-16/h5-8,14H,1-4,9H2,(H,19,24)(H,20,21)(H,22,23)/t14-/m0/s1. The highest BCUT2D eigenvalue weighted by Gasteiger charge is 2.25. The zero-order valence-corrected chi connectivity index (χ0v) is 13.0. The first-order chi connectivity index (χ1) is 11.5. The van der Waals surface area contributed by atoms with Crippen LogP contribution < -0.4 is 5.32 Å². The molecule has 1 aliphatic rings. The van der Waals surface area contributed by atoms with E-state index in [2.05, 4.69) is 15.5 Å². The molecule has 3 rings (SSSR count). The molecule has 0 spiro atoms. The number of aromatic amines is 1. The van der Waals surface area contributed by atoms with Crippen LogP contribution in [-0.2, 0) is 17.6 Å². The molecule has 0 aliphatic heterocycles. The summed E-state index contributed by atoms with van der Waals surface area (Å²) in [7, 11) is 0. The number of aliphatic carboxylic acids is 1. The average Bonchev–Trinajstić information content (AvgIpc) is 2.98. The molecule has 1 amide bonds. The second-order valence-electron chi connectivity index (χ2n) is 5.91. The zero-order chi connectivity index (χ0) is 17.1. The SMILES string of the molecule is O=C(O)C[C@H](NC(=O)c1n[nH]c2c1CCCC2)c1ccc(F)cc1. The minimum absolute atomic E-state index is 0.288. The lowest BCUT2D eigenvalue weighted by Gasteiger charge is -2.18. The van der Waals surface area contributed by atoms with Crippen LogP contribution >= 0.6 is 0 Å². The molecule has 0 radical (unpaired) electrons. The van der Waals surface area contributed by atoms with Crippen molar-refractivity contribution in [2.75, 3.05) is 0 Å². The summed E-state index contributed by atoms with van der Waals surface area (Å²) in [6.45, 7) is 0. The number of hydrogen-bond acceptors (Lipinski definition) is 3. The lowest BCUT2D eigenvalue weighted by molar-refractivity contribution is -0.137. The van der Waals surface area contributed by atoms with E-state index in [0.717, 1.165) is 36.9 Å². The van der Waals surface area contributed by atoms with Crippen LogP contribution in [0, 0.1) is 5.82 Å². The predicted molar refractivity (Wildman–Crippen MR) is 84.1 cm³/mol. The van der Waals surface area contributed by atoms with Gasteiger partial charge in [0, 0.05) is 11.3 Å². The summed E-state index contributed by atoms with van der Waals surface area (Å²) in [4.78, 5) is 23.7. The van der Waals surface area contributed by atoms with Crippen molar-refractivity contribution in [2.45, 2.75) is 38.1 Å². The van der Waals surface area contributed by atoms with E-state index in [-0.39, 0.29) is 6.42 Å². The van der Waals surface area contributed by atoms with Gasteiger partial charge in [-0.2, -0.15) is 5.10 Å². The van der Waals surface area contributed by atoms with E-state index in [4.69, 9.17) is 5.11 Å². The van der Waals surface area contributed by atoms with Gasteiger partial charge in [0.2, 0.25) is 0 Å². The Morgan fingerprint density at radius 2 is 1.96 bits per heavy atom. The van der Waals surface area contributed by atoms with Crippen LogP contribution in [-0.4, -0.2) is 27.2 Å². The van der Waals surface area contributed by atoms with Gasteiger partial charge in [-0.25, -0.2) is 4.39 Å². The molecule has 126 valence electrons. The third kappa shape index (κ3) is 3.45. The number of nitrogens with zero attached hydrogens (tertiary/aromatic N) is 1. The van der Waals surface area contributed by atoms with E-state index in [1.54, 1.807) is 0 Å². The van der Waals surface area contributed by atoms with Crippen molar-refractivity contribution < 1.29 is 19.1 Å². The van der Waals surface area contributed by atoms with Crippen LogP contribution in [0.5, 0.6) is 0 Å². The van der Waals surface area contributed by atoms with Crippen molar-refractivity contribution in [1.82, 2.24) is 15.5 Å². The summed E-state index contributed by atoms with van der Waals surface area (Å²) >= 11 is 0. The van der Waals surface area contributed by atoms with Gasteiger partial charge >= 0.3 is 5.97 Å². The maximum Gasteiger partial charge on any atom is 0.305 e. The average molecular weight is 331 g/mol. The fourth-order valence-electron chi connectivity index (χ4n) is 3.02. The number of rotatable bonds is 5. The highest BCUT2D eigenvalue weighted by Crippen LogP contribution is 2.23. The molecule has 0 saturated heterocycles. The summed E-state index contributed by atoms with van der Waals surface area (Å²) in [6, 6.07) is 4.69. The number of halogens is 1. The quantitative estimate of drug-likeness (QED) is 0.784. The highest BCUT2D eigenvalue weighted by molar-refractivity contribution is 5.94. The van der Waals surface area contributed by atoms with Crippen molar-refractivity contribution in [3.8, 4) is 0 Å². The number of carboxylic acids is 1. The Balaban J connectivity index is 1.81. The summed E-state index contributed by atoms with van der Waals surface area (Å²) in [6.07, 6.45) is 3.43. The van der Waals surface area contributed by atoms with E-state index in [1.807, 2.05) is 0 Å². The molecular formula is C17H18FN3O3. The Kier molecular flexibility index (Phi) is 4.59. The number of aryl methyl sites for hydroxylation is 1. The van der Waals surface area contributed by atoms with Crippen LogP contribution in [0.4, 0.5) is 4.39 Å². The summed E-state index contributed by atoms with van der Waals surface area (Å²) in [5, 5.41) is 18.8. The Hall–Kier alpha value is -2.70. The van der Waals surface area contributed by atoms with E-state index >= 15 is 0 Å². The molecule has 0 saturated carbocycles. The third-order valence-corrected chi connectivity index (χ3v) is 4.23. The van der Waals surface area contributed by atoms with Crippen molar-refractivity contribution in [3.05, 3.63) is 52.6 Å². The second-order valence-corrected chi connectivity index (χ2v) is 5.91. The molecule has 3 N–H and O–H groups in total. The molecule has 1 aliphatic carbocycles. The summed E-state index contributed by atoms with van der Waals surface area (Å²) in [5.74, 6) is -1.88. The largest absolute Gasteiger partial charge is 0.481 e. The van der Waals surface area contributed by atoms with Crippen molar-refractivity contribution in [3.63, 3.8) is 0 Å². The second kappa shape index (κ2) is 6.82. The lowest BCUT2D eigenvalue weighted by atomic mass is 9.95. The van der Waals surface area contributed by atoms with Crippen molar-refractivity contribution >= 4 is 11.9 Å². The fourth-order valence-corrected chi connectivity index (χ4v) is 3.02. The van der Waals surface area contributed by atoms with Gasteiger partial charge < -0.3 is 10.4 Å². The molecule has 1 aromatic carbocycles. The first kappa shape index (κ1) is 16.2. The van der Waals surface area contributed by atoms with E-state index in [1.165, 1.54) is 24.3 Å². The van der Waals surface area contributed by atoms with Gasteiger partial charge in [0.15, 0.2) is 5.69 Å². The molecule has 24 heavy (non-hydrogen) atoms. The minimum atomic E-state index is -1.05. The molecule has 0 unspecified atom stereocenters. The lowest BCUT2D eigenvalue weighted by Crippen LogP contribution is -2.31. The summed E-state index contributed by atoms with van der Waals surface area (Å²) < 4.78 is 13.1. The number of carbonyl (C=O) groups excluding carboxylic acids is 1. The van der Waals surface area contributed by atoms with Gasteiger partial charge in [-0.3, -0.25) is 14.7 Å². The molecule has 7 heteroatoms. The van der Waals surface area contributed by atoms with Gasteiger partial charge in [-0.1, -0.05) is 12.1 Å². The van der Waals surface area contributed by atoms with Gasteiger partial charge in [0.1, 0.15) is 5.82 Å². The minimum Gasteiger partial charge on any atom is -0.481 e.